The highest BCUT2D eigenvalue weighted by atomic mass is 16.7. The summed E-state index contributed by atoms with van der Waals surface area (Å²) >= 11 is 0. The average Bonchev–Trinajstić information content (AvgIpc) is 2.90. The zero-order valence-corrected chi connectivity index (χ0v) is 18.4. The molecule has 2 aromatic rings. The summed E-state index contributed by atoms with van der Waals surface area (Å²) in [6.07, 6.45) is 1.79. The van der Waals surface area contributed by atoms with E-state index >= 15 is 0 Å². The van der Waals surface area contributed by atoms with Crippen molar-refractivity contribution in [3.63, 3.8) is 0 Å². The van der Waals surface area contributed by atoms with E-state index in [9.17, 15) is 0 Å². The minimum Gasteiger partial charge on any atom is -0.400 e. The molecular formula is C25H34BNO2. The second-order valence-electron chi connectivity index (χ2n) is 9.39. The van der Waals surface area contributed by atoms with E-state index in [2.05, 4.69) is 77.6 Å². The molecule has 154 valence electrons. The molecule has 1 fully saturated rings. The summed E-state index contributed by atoms with van der Waals surface area (Å²) in [6.45, 7) is 14.8. The summed E-state index contributed by atoms with van der Waals surface area (Å²) in [7, 11) is -0.465. The van der Waals surface area contributed by atoms with Gasteiger partial charge in [0.2, 0.25) is 0 Å². The minimum atomic E-state index is -0.587. The molecule has 1 saturated heterocycles. The van der Waals surface area contributed by atoms with Crippen LogP contribution in [0.1, 0.15) is 52.2 Å². The predicted molar refractivity (Wildman–Crippen MR) is 121 cm³/mol. The maximum absolute atomic E-state index is 6.98. The van der Waals surface area contributed by atoms with E-state index in [0.29, 0.717) is 0 Å². The van der Waals surface area contributed by atoms with Gasteiger partial charge >= 0.3 is 7.12 Å². The van der Waals surface area contributed by atoms with E-state index in [-0.39, 0.29) is 5.92 Å². The number of hydrogen-bond donors (Lipinski definition) is 1. The molecule has 3 nitrogen and oxygen atoms in total. The Morgan fingerprint density at radius 1 is 0.966 bits per heavy atom. The molecule has 0 aromatic heterocycles. The summed E-state index contributed by atoms with van der Waals surface area (Å²) in [5.41, 5.74) is 8.89. The van der Waals surface area contributed by atoms with Crippen molar-refractivity contribution in [1.82, 2.24) is 0 Å². The number of aryl methyl sites for hydroxylation is 1. The first-order chi connectivity index (χ1) is 13.5. The van der Waals surface area contributed by atoms with E-state index in [1.54, 1.807) is 0 Å². The fraction of sp³-hybridized carbons (Fsp3) is 0.440. The molecule has 0 aliphatic carbocycles. The van der Waals surface area contributed by atoms with Gasteiger partial charge in [-0.05, 0) is 70.0 Å². The van der Waals surface area contributed by atoms with Crippen LogP contribution in [0.15, 0.2) is 72.7 Å². The number of hydrogen-bond acceptors (Lipinski definition) is 3. The third-order valence-electron chi connectivity index (χ3n) is 6.69. The number of rotatable bonds is 7. The molecule has 1 aliphatic heterocycles. The first kappa shape index (κ1) is 21.8. The maximum atomic E-state index is 6.98. The van der Waals surface area contributed by atoms with Crippen LogP contribution < -0.4 is 5.73 Å². The van der Waals surface area contributed by atoms with Gasteiger partial charge in [-0.25, -0.2) is 0 Å². The lowest BCUT2D eigenvalue weighted by atomic mass is 9.62. The smallest absolute Gasteiger partial charge is 0.400 e. The Morgan fingerprint density at radius 2 is 1.45 bits per heavy atom. The fourth-order valence-corrected chi connectivity index (χ4v) is 3.98. The second-order valence-corrected chi connectivity index (χ2v) is 9.39. The van der Waals surface area contributed by atoms with Crippen molar-refractivity contribution >= 4 is 7.12 Å². The van der Waals surface area contributed by atoms with Gasteiger partial charge in [0.15, 0.2) is 0 Å². The molecule has 0 amide bonds. The van der Waals surface area contributed by atoms with Gasteiger partial charge in [-0.3, -0.25) is 0 Å². The molecule has 0 bridgehead atoms. The topological polar surface area (TPSA) is 44.5 Å². The Kier molecular flexibility index (Phi) is 6.10. The van der Waals surface area contributed by atoms with Crippen molar-refractivity contribution in [2.24, 2.45) is 11.7 Å². The quantitative estimate of drug-likeness (QED) is 0.652. The van der Waals surface area contributed by atoms with E-state index in [0.717, 1.165) is 23.9 Å². The van der Waals surface area contributed by atoms with Crippen molar-refractivity contribution in [3.05, 3.63) is 83.8 Å². The van der Waals surface area contributed by atoms with Crippen LogP contribution in [0.3, 0.4) is 0 Å². The van der Waals surface area contributed by atoms with Crippen molar-refractivity contribution in [2.45, 2.75) is 64.2 Å². The van der Waals surface area contributed by atoms with Crippen molar-refractivity contribution in [3.8, 4) is 0 Å². The lowest BCUT2D eigenvalue weighted by molar-refractivity contribution is 0.00578. The zero-order chi connectivity index (χ0) is 21.3. The lowest BCUT2D eigenvalue weighted by Crippen LogP contribution is -2.45. The minimum absolute atomic E-state index is 0.000180. The summed E-state index contributed by atoms with van der Waals surface area (Å²) in [5, 5.41) is 0. The molecule has 4 heteroatoms. The molecule has 0 spiro atoms. The van der Waals surface area contributed by atoms with Gasteiger partial charge < -0.3 is 15.0 Å². The van der Waals surface area contributed by atoms with E-state index in [1.165, 1.54) is 5.56 Å². The van der Waals surface area contributed by atoms with Crippen LogP contribution >= 0.6 is 0 Å². The van der Waals surface area contributed by atoms with Crippen LogP contribution in [0.4, 0.5) is 0 Å². The average molecular weight is 391 g/mol. The largest absolute Gasteiger partial charge is 0.490 e. The zero-order valence-electron chi connectivity index (χ0n) is 18.4. The normalized spacial score (nSPS) is 20.8. The standard InChI is InChI=1S/C25H34BNO2/c1-19(26-28-23(2,3)24(4,5)29-26)22(18-17-20-13-9-7-10-14-20)25(6,27)21-15-11-8-12-16-21/h7-16,22H,1,17-18,27H2,2-6H3/t22-,25-/m0/s1. The van der Waals surface area contributed by atoms with Gasteiger partial charge in [-0.2, -0.15) is 0 Å². The predicted octanol–water partition coefficient (Wildman–Crippen LogP) is 5.30. The molecular weight excluding hydrogens is 357 g/mol. The molecule has 1 heterocycles. The van der Waals surface area contributed by atoms with Crippen molar-refractivity contribution < 1.29 is 9.31 Å². The van der Waals surface area contributed by atoms with Gasteiger partial charge in [0, 0.05) is 5.54 Å². The Bertz CT molecular complexity index is 814. The van der Waals surface area contributed by atoms with Gasteiger partial charge in [0.05, 0.1) is 11.2 Å². The Labute approximate surface area is 176 Å². The molecule has 2 atom stereocenters. The summed E-state index contributed by atoms with van der Waals surface area (Å²) in [6, 6.07) is 20.8. The molecule has 2 N–H and O–H groups in total. The second kappa shape index (κ2) is 8.10. The molecule has 3 rings (SSSR count). The molecule has 0 radical (unpaired) electrons. The molecule has 0 unspecified atom stereocenters. The molecule has 2 aromatic carbocycles. The van der Waals surface area contributed by atoms with Crippen molar-refractivity contribution in [2.75, 3.05) is 0 Å². The van der Waals surface area contributed by atoms with Crippen LogP contribution in [0.25, 0.3) is 0 Å². The Hall–Kier alpha value is -1.88. The molecule has 1 aliphatic rings. The first-order valence-corrected chi connectivity index (χ1v) is 10.5. The van der Waals surface area contributed by atoms with E-state index in [1.807, 2.05) is 24.3 Å². The summed E-state index contributed by atoms with van der Waals surface area (Å²) < 4.78 is 12.6. The van der Waals surface area contributed by atoms with Gasteiger partial charge in [-0.15, -0.1) is 6.58 Å². The third kappa shape index (κ3) is 4.50. The highest BCUT2D eigenvalue weighted by Gasteiger charge is 2.54. The van der Waals surface area contributed by atoms with Crippen LogP contribution in [0.5, 0.6) is 0 Å². The van der Waals surface area contributed by atoms with Crippen LogP contribution in [0.2, 0.25) is 0 Å². The Balaban J connectivity index is 1.89. The van der Waals surface area contributed by atoms with Crippen LogP contribution in [-0.4, -0.2) is 18.3 Å². The summed E-state index contributed by atoms with van der Waals surface area (Å²) in [5.74, 6) is -0.000180. The summed E-state index contributed by atoms with van der Waals surface area (Å²) in [4.78, 5) is 0. The maximum Gasteiger partial charge on any atom is 0.490 e. The fourth-order valence-electron chi connectivity index (χ4n) is 3.98. The first-order valence-electron chi connectivity index (χ1n) is 10.5. The number of benzene rings is 2. The highest BCUT2D eigenvalue weighted by molar-refractivity contribution is 6.54. The molecule has 29 heavy (non-hydrogen) atoms. The highest BCUT2D eigenvalue weighted by Crippen LogP contribution is 2.43. The van der Waals surface area contributed by atoms with E-state index < -0.39 is 23.9 Å². The van der Waals surface area contributed by atoms with E-state index in [4.69, 9.17) is 15.0 Å². The van der Waals surface area contributed by atoms with Crippen molar-refractivity contribution in [1.29, 1.82) is 0 Å². The molecule has 0 saturated carbocycles. The van der Waals surface area contributed by atoms with Gasteiger partial charge in [0.1, 0.15) is 0 Å². The van der Waals surface area contributed by atoms with Crippen LogP contribution in [0, 0.1) is 5.92 Å². The Morgan fingerprint density at radius 3 is 1.97 bits per heavy atom. The lowest BCUT2D eigenvalue weighted by Gasteiger charge is -2.37. The van der Waals surface area contributed by atoms with Gasteiger partial charge in [-0.1, -0.05) is 60.7 Å². The number of nitrogens with two attached hydrogens (primary N) is 1. The SMILES string of the molecule is C=C(B1OC(C)(C)C(C)(C)O1)[C@H](CCc1ccccc1)[C@@](C)(N)c1ccccc1. The van der Waals surface area contributed by atoms with Gasteiger partial charge in [0.25, 0.3) is 0 Å². The third-order valence-corrected chi connectivity index (χ3v) is 6.69. The monoisotopic (exact) mass is 391 g/mol. The van der Waals surface area contributed by atoms with Crippen LogP contribution in [-0.2, 0) is 21.3 Å².